The Kier molecular flexibility index (Phi) is 2.21. The van der Waals surface area contributed by atoms with Gasteiger partial charge in [0.15, 0.2) is 0 Å². The molecule has 86 valence electrons. The third kappa shape index (κ3) is 1.06. The summed E-state index contributed by atoms with van der Waals surface area (Å²) in [4.78, 5) is 4.68. The molecule has 1 aromatic rings. The summed E-state index contributed by atoms with van der Waals surface area (Å²) in [7, 11) is 0. The van der Waals surface area contributed by atoms with Crippen LogP contribution in [0.3, 0.4) is 0 Å². The lowest BCUT2D eigenvalue weighted by Crippen LogP contribution is -2.31. The van der Waals surface area contributed by atoms with Crippen LogP contribution >= 0.6 is 34.2 Å². The summed E-state index contributed by atoms with van der Waals surface area (Å²) in [6, 6.07) is 0. The van der Waals surface area contributed by atoms with E-state index >= 15 is 0 Å². The average Bonchev–Trinajstić information content (AvgIpc) is 2.54. The molecule has 0 amide bonds. The van der Waals surface area contributed by atoms with E-state index in [1.807, 2.05) is 6.20 Å². The van der Waals surface area contributed by atoms with Crippen molar-refractivity contribution in [2.75, 3.05) is 0 Å². The van der Waals surface area contributed by atoms with Gasteiger partial charge >= 0.3 is 0 Å². The molecule has 1 saturated carbocycles. The Balaban J connectivity index is 2.34. The summed E-state index contributed by atoms with van der Waals surface area (Å²) in [5.41, 5.74) is 3.13. The quantitative estimate of drug-likeness (QED) is 0.629. The highest BCUT2D eigenvalue weighted by Crippen LogP contribution is 2.68. The number of aromatic nitrogens is 1. The molecule has 2 aliphatic rings. The number of rotatable bonds is 0. The van der Waals surface area contributed by atoms with E-state index in [9.17, 15) is 0 Å². The first-order valence-corrected chi connectivity index (χ1v) is 7.19. The van der Waals surface area contributed by atoms with Crippen LogP contribution in [0.5, 0.6) is 0 Å². The number of nitrogens with zero attached hydrogens (tertiary/aromatic N) is 1. The van der Waals surface area contributed by atoms with Crippen molar-refractivity contribution in [3.63, 3.8) is 0 Å². The van der Waals surface area contributed by atoms with E-state index in [4.69, 9.17) is 11.6 Å². The number of fused-ring (bicyclic) bond motifs is 5. The van der Waals surface area contributed by atoms with E-state index in [0.717, 1.165) is 8.59 Å². The number of hydrogen-bond donors (Lipinski definition) is 0. The predicted octanol–water partition coefficient (Wildman–Crippen LogP) is 4.51. The van der Waals surface area contributed by atoms with Gasteiger partial charge in [-0.2, -0.15) is 0 Å². The van der Waals surface area contributed by atoms with Crippen LogP contribution in [0.15, 0.2) is 6.20 Å². The Hall–Kier alpha value is 0.170. The molecular weight excluding hydrogens is 333 g/mol. The molecule has 0 saturated heterocycles. The summed E-state index contributed by atoms with van der Waals surface area (Å²) in [5.74, 6) is 0.599. The zero-order chi connectivity index (χ0) is 11.7. The van der Waals surface area contributed by atoms with Crippen molar-refractivity contribution in [2.24, 2.45) is 5.41 Å². The van der Waals surface area contributed by atoms with Gasteiger partial charge in [0.1, 0.15) is 0 Å². The second-order valence-electron chi connectivity index (χ2n) is 5.83. The molecule has 2 aliphatic carbocycles. The highest BCUT2D eigenvalue weighted by atomic mass is 127. The normalized spacial score (nSPS) is 34.2. The van der Waals surface area contributed by atoms with Gasteiger partial charge in [-0.05, 0) is 52.3 Å². The molecule has 16 heavy (non-hydrogen) atoms. The Morgan fingerprint density at radius 2 is 2.12 bits per heavy atom. The van der Waals surface area contributed by atoms with Crippen LogP contribution in [0, 0.1) is 8.99 Å². The summed E-state index contributed by atoms with van der Waals surface area (Å²) in [6.07, 6.45) is 4.43. The molecule has 0 aromatic carbocycles. The van der Waals surface area contributed by atoms with E-state index in [1.165, 1.54) is 24.1 Å². The van der Waals surface area contributed by atoms with Crippen LogP contribution in [0.1, 0.15) is 50.8 Å². The molecule has 0 radical (unpaired) electrons. The maximum absolute atomic E-state index is 6.47. The van der Waals surface area contributed by atoms with Crippen molar-refractivity contribution in [1.29, 1.82) is 0 Å². The van der Waals surface area contributed by atoms with Gasteiger partial charge in [0, 0.05) is 11.6 Å². The summed E-state index contributed by atoms with van der Waals surface area (Å²) in [6.45, 7) is 7.10. The lowest BCUT2D eigenvalue weighted by Gasteiger charge is -2.34. The summed E-state index contributed by atoms with van der Waals surface area (Å²) >= 11 is 8.76. The predicted molar refractivity (Wildman–Crippen MR) is 75.1 cm³/mol. The second-order valence-corrected chi connectivity index (χ2v) is 7.37. The molecule has 1 nitrogen and oxygen atoms in total. The minimum atomic E-state index is 0.223. The van der Waals surface area contributed by atoms with Crippen LogP contribution in [0.4, 0.5) is 0 Å². The number of pyridine rings is 1. The van der Waals surface area contributed by atoms with E-state index in [-0.39, 0.29) is 5.41 Å². The Morgan fingerprint density at radius 1 is 1.44 bits per heavy atom. The first-order chi connectivity index (χ1) is 7.39. The van der Waals surface area contributed by atoms with Crippen molar-refractivity contribution in [3.05, 3.63) is 26.0 Å². The Labute approximate surface area is 115 Å². The van der Waals surface area contributed by atoms with Gasteiger partial charge in [-0.3, -0.25) is 4.98 Å². The Morgan fingerprint density at radius 3 is 2.81 bits per heavy atom. The van der Waals surface area contributed by atoms with Gasteiger partial charge < -0.3 is 0 Å². The summed E-state index contributed by atoms with van der Waals surface area (Å²) in [5, 5.41) is 0.951. The minimum absolute atomic E-state index is 0.223. The van der Waals surface area contributed by atoms with Crippen LogP contribution < -0.4 is 0 Å². The van der Waals surface area contributed by atoms with Crippen molar-refractivity contribution in [1.82, 2.24) is 4.98 Å². The monoisotopic (exact) mass is 347 g/mol. The molecule has 0 aliphatic heterocycles. The van der Waals surface area contributed by atoms with Crippen molar-refractivity contribution >= 4 is 34.2 Å². The smallest absolute Gasteiger partial charge is 0.0608 e. The van der Waals surface area contributed by atoms with Crippen molar-refractivity contribution in [2.45, 2.75) is 44.9 Å². The number of hydrogen-bond acceptors (Lipinski definition) is 1. The van der Waals surface area contributed by atoms with Gasteiger partial charge in [0.25, 0.3) is 0 Å². The topological polar surface area (TPSA) is 12.9 Å². The first-order valence-electron chi connectivity index (χ1n) is 5.74. The van der Waals surface area contributed by atoms with Crippen molar-refractivity contribution in [3.8, 4) is 0 Å². The third-order valence-electron chi connectivity index (χ3n) is 5.11. The molecule has 2 unspecified atom stereocenters. The van der Waals surface area contributed by atoms with Gasteiger partial charge in [0.05, 0.1) is 14.3 Å². The van der Waals surface area contributed by atoms with Gasteiger partial charge in [-0.25, -0.2) is 0 Å². The van der Waals surface area contributed by atoms with Gasteiger partial charge in [-0.15, -0.1) is 0 Å². The standard InChI is InChI=1S/C13H15ClIN/c1-12(2)7-4-5-13(12,3)11-9(7)10(14)8(15)6-16-11/h6-7H,4-5H2,1-3H3. The van der Waals surface area contributed by atoms with Crippen LogP contribution in [0.25, 0.3) is 0 Å². The first kappa shape index (κ1) is 11.3. The van der Waals surface area contributed by atoms with E-state index in [0.29, 0.717) is 11.3 Å². The fourth-order valence-corrected chi connectivity index (χ4v) is 4.37. The number of halogens is 2. The zero-order valence-corrected chi connectivity index (χ0v) is 12.7. The molecule has 0 spiro atoms. The molecule has 3 heteroatoms. The molecular formula is C13H15ClIN. The van der Waals surface area contributed by atoms with Crippen molar-refractivity contribution < 1.29 is 0 Å². The Bertz CT molecular complexity index is 483. The fraction of sp³-hybridized carbons (Fsp3) is 0.615. The lowest BCUT2D eigenvalue weighted by atomic mass is 9.70. The maximum Gasteiger partial charge on any atom is 0.0608 e. The minimum Gasteiger partial charge on any atom is -0.259 e. The highest BCUT2D eigenvalue weighted by molar-refractivity contribution is 14.1. The summed E-state index contributed by atoms with van der Waals surface area (Å²) < 4.78 is 1.09. The van der Waals surface area contributed by atoms with Gasteiger partial charge in [-0.1, -0.05) is 32.4 Å². The average molecular weight is 348 g/mol. The zero-order valence-electron chi connectivity index (χ0n) is 9.77. The van der Waals surface area contributed by atoms with E-state index < -0.39 is 0 Å². The second kappa shape index (κ2) is 3.14. The highest BCUT2D eigenvalue weighted by Gasteiger charge is 2.61. The maximum atomic E-state index is 6.47. The van der Waals surface area contributed by atoms with E-state index in [2.05, 4.69) is 48.3 Å². The van der Waals surface area contributed by atoms with Crippen LogP contribution in [0.2, 0.25) is 5.02 Å². The molecule has 1 heterocycles. The molecule has 0 N–H and O–H groups in total. The largest absolute Gasteiger partial charge is 0.259 e. The fourth-order valence-electron chi connectivity index (χ4n) is 3.67. The van der Waals surface area contributed by atoms with Crippen LogP contribution in [-0.4, -0.2) is 4.98 Å². The lowest BCUT2D eigenvalue weighted by molar-refractivity contribution is 0.227. The third-order valence-corrected chi connectivity index (χ3v) is 6.65. The molecule has 2 bridgehead atoms. The van der Waals surface area contributed by atoms with Crippen LogP contribution in [-0.2, 0) is 5.41 Å². The molecule has 1 aromatic heterocycles. The van der Waals surface area contributed by atoms with E-state index in [1.54, 1.807) is 0 Å². The molecule has 2 atom stereocenters. The van der Waals surface area contributed by atoms with Gasteiger partial charge in [0.2, 0.25) is 0 Å². The molecule has 1 fully saturated rings. The SMILES string of the molecule is CC12CCC(c3c1ncc(I)c3Cl)C2(C)C. The molecule has 3 rings (SSSR count).